The smallest absolute Gasteiger partial charge is 0.104 e. The molecule has 1 radical (unpaired) electrons. The zero-order valence-electron chi connectivity index (χ0n) is 6.13. The molecule has 0 spiro atoms. The average molecular weight is 156 g/mol. The molecule has 1 heterocycles. The van der Waals surface area contributed by atoms with Gasteiger partial charge in [-0.25, -0.2) is 10.1 Å². The van der Waals surface area contributed by atoms with Gasteiger partial charge in [-0.05, 0) is 13.8 Å². The first-order chi connectivity index (χ1) is 4.58. The summed E-state index contributed by atoms with van der Waals surface area (Å²) in [6.07, 6.45) is 2.26. The molecule has 0 atom stereocenters. The van der Waals surface area contributed by atoms with Crippen molar-refractivity contribution in [3.05, 3.63) is 16.6 Å². The second kappa shape index (κ2) is 2.68. The topological polar surface area (TPSA) is 32.8 Å². The van der Waals surface area contributed by atoms with E-state index in [2.05, 4.69) is 4.98 Å². The van der Waals surface area contributed by atoms with Crippen molar-refractivity contribution in [3.63, 3.8) is 0 Å². The Labute approximate surface area is 64.5 Å². The number of aromatic nitrogens is 1. The Hall–Kier alpha value is -0.410. The number of rotatable bonds is 2. The van der Waals surface area contributed by atoms with Crippen molar-refractivity contribution < 1.29 is 5.11 Å². The SMILES string of the molecule is CC(C)([O])Cc1nccs1. The monoisotopic (exact) mass is 156 g/mol. The van der Waals surface area contributed by atoms with Gasteiger partial charge in [0.1, 0.15) is 5.60 Å². The first kappa shape index (κ1) is 7.69. The molecule has 0 aromatic carbocycles. The summed E-state index contributed by atoms with van der Waals surface area (Å²) in [5, 5.41) is 14.0. The highest BCUT2D eigenvalue weighted by Gasteiger charge is 2.16. The van der Waals surface area contributed by atoms with E-state index in [4.69, 9.17) is 0 Å². The van der Waals surface area contributed by atoms with Crippen molar-refractivity contribution in [1.82, 2.24) is 4.98 Å². The average Bonchev–Trinajstić information content (AvgIpc) is 2.12. The molecule has 2 nitrogen and oxygen atoms in total. The Bertz CT molecular complexity index is 188. The number of nitrogens with zero attached hydrogens (tertiary/aromatic N) is 1. The van der Waals surface area contributed by atoms with E-state index >= 15 is 0 Å². The van der Waals surface area contributed by atoms with Crippen LogP contribution in [0.5, 0.6) is 0 Å². The molecule has 0 amide bonds. The van der Waals surface area contributed by atoms with Gasteiger partial charge in [0.05, 0.1) is 5.01 Å². The number of hydrogen-bond acceptors (Lipinski definition) is 2. The van der Waals surface area contributed by atoms with Crippen LogP contribution < -0.4 is 0 Å². The van der Waals surface area contributed by atoms with E-state index in [0.29, 0.717) is 6.42 Å². The van der Waals surface area contributed by atoms with Crippen LogP contribution in [-0.4, -0.2) is 10.6 Å². The van der Waals surface area contributed by atoms with E-state index in [1.54, 1.807) is 20.0 Å². The molecule has 55 valence electrons. The number of thiazole rings is 1. The minimum atomic E-state index is -0.877. The Morgan fingerprint density at radius 3 is 2.80 bits per heavy atom. The van der Waals surface area contributed by atoms with Crippen LogP contribution in [0.15, 0.2) is 11.6 Å². The van der Waals surface area contributed by atoms with Crippen molar-refractivity contribution in [1.29, 1.82) is 0 Å². The highest BCUT2D eigenvalue weighted by Crippen LogP contribution is 2.14. The first-order valence-electron chi connectivity index (χ1n) is 3.17. The van der Waals surface area contributed by atoms with Crippen LogP contribution in [0.4, 0.5) is 0 Å². The zero-order valence-corrected chi connectivity index (χ0v) is 6.94. The lowest BCUT2D eigenvalue weighted by Crippen LogP contribution is -2.19. The molecule has 1 rings (SSSR count). The summed E-state index contributed by atoms with van der Waals surface area (Å²) in [5.74, 6) is 0. The second-order valence-electron chi connectivity index (χ2n) is 2.86. The summed E-state index contributed by atoms with van der Waals surface area (Å²) in [4.78, 5) is 4.02. The molecular formula is C7H10NOS. The molecule has 10 heavy (non-hydrogen) atoms. The van der Waals surface area contributed by atoms with Crippen molar-refractivity contribution in [3.8, 4) is 0 Å². The van der Waals surface area contributed by atoms with Crippen LogP contribution in [0.1, 0.15) is 18.9 Å². The van der Waals surface area contributed by atoms with Gasteiger partial charge in [-0.1, -0.05) is 0 Å². The molecule has 0 unspecified atom stereocenters. The molecule has 0 saturated carbocycles. The van der Waals surface area contributed by atoms with Gasteiger partial charge >= 0.3 is 0 Å². The number of hydrogen-bond donors (Lipinski definition) is 0. The highest BCUT2D eigenvalue weighted by molar-refractivity contribution is 7.09. The van der Waals surface area contributed by atoms with Gasteiger partial charge in [-0.2, -0.15) is 0 Å². The van der Waals surface area contributed by atoms with Crippen LogP contribution in [0.25, 0.3) is 0 Å². The van der Waals surface area contributed by atoms with Crippen molar-refractivity contribution >= 4 is 11.3 Å². The minimum Gasteiger partial charge on any atom is -0.250 e. The fourth-order valence-corrected chi connectivity index (χ4v) is 1.54. The molecule has 1 aromatic heterocycles. The molecule has 0 bridgehead atoms. The van der Waals surface area contributed by atoms with E-state index < -0.39 is 5.60 Å². The Kier molecular flexibility index (Phi) is 2.06. The van der Waals surface area contributed by atoms with E-state index in [1.807, 2.05) is 5.38 Å². The van der Waals surface area contributed by atoms with Crippen LogP contribution in [0, 0.1) is 0 Å². The lowest BCUT2D eigenvalue weighted by molar-refractivity contribution is 0.00475. The predicted octanol–water partition coefficient (Wildman–Crippen LogP) is 1.89. The largest absolute Gasteiger partial charge is 0.250 e. The standard InChI is InChI=1S/C7H10NOS/c1-7(2,9)5-6-8-3-4-10-6/h3-4H,5H2,1-2H3. The van der Waals surface area contributed by atoms with Gasteiger partial charge in [0.2, 0.25) is 0 Å². The third-order valence-corrected chi connectivity index (χ3v) is 1.84. The summed E-state index contributed by atoms with van der Waals surface area (Å²) in [6, 6.07) is 0. The highest BCUT2D eigenvalue weighted by atomic mass is 32.1. The molecule has 0 aliphatic rings. The maximum atomic E-state index is 11.1. The van der Waals surface area contributed by atoms with E-state index in [0.717, 1.165) is 5.01 Å². The molecular weight excluding hydrogens is 146 g/mol. The van der Waals surface area contributed by atoms with E-state index in [9.17, 15) is 5.11 Å². The maximum Gasteiger partial charge on any atom is 0.104 e. The molecule has 1 aromatic rings. The van der Waals surface area contributed by atoms with Crippen LogP contribution in [0.3, 0.4) is 0 Å². The summed E-state index contributed by atoms with van der Waals surface area (Å²) >= 11 is 1.54. The summed E-state index contributed by atoms with van der Waals surface area (Å²) < 4.78 is 0. The van der Waals surface area contributed by atoms with Crippen LogP contribution in [-0.2, 0) is 11.5 Å². The minimum absolute atomic E-state index is 0.532. The van der Waals surface area contributed by atoms with Crippen LogP contribution in [0.2, 0.25) is 0 Å². The Balaban J connectivity index is 2.57. The first-order valence-corrected chi connectivity index (χ1v) is 4.05. The van der Waals surface area contributed by atoms with Crippen molar-refractivity contribution in [2.75, 3.05) is 0 Å². The normalized spacial score (nSPS) is 11.9. The van der Waals surface area contributed by atoms with Crippen LogP contribution >= 0.6 is 11.3 Å². The quantitative estimate of drug-likeness (QED) is 0.643. The Morgan fingerprint density at radius 2 is 2.40 bits per heavy atom. The second-order valence-corrected chi connectivity index (χ2v) is 3.84. The van der Waals surface area contributed by atoms with Crippen molar-refractivity contribution in [2.24, 2.45) is 0 Å². The molecule has 0 fully saturated rings. The molecule has 0 aliphatic heterocycles. The zero-order chi connectivity index (χ0) is 7.61. The molecule has 0 saturated heterocycles. The molecule has 0 N–H and O–H groups in total. The lowest BCUT2D eigenvalue weighted by Gasteiger charge is -2.10. The van der Waals surface area contributed by atoms with Gasteiger partial charge in [0.15, 0.2) is 0 Å². The van der Waals surface area contributed by atoms with Gasteiger partial charge in [0.25, 0.3) is 0 Å². The van der Waals surface area contributed by atoms with Crippen molar-refractivity contribution in [2.45, 2.75) is 25.9 Å². The van der Waals surface area contributed by atoms with E-state index in [1.165, 1.54) is 11.3 Å². The van der Waals surface area contributed by atoms with E-state index in [-0.39, 0.29) is 0 Å². The maximum absolute atomic E-state index is 11.1. The summed E-state index contributed by atoms with van der Waals surface area (Å²) in [5.41, 5.74) is -0.877. The third kappa shape index (κ3) is 2.45. The van der Waals surface area contributed by atoms with Gasteiger partial charge < -0.3 is 0 Å². The van der Waals surface area contributed by atoms with Gasteiger partial charge in [-0.15, -0.1) is 11.3 Å². The molecule has 0 aliphatic carbocycles. The Morgan fingerprint density at radius 1 is 1.70 bits per heavy atom. The summed E-state index contributed by atoms with van der Waals surface area (Å²) in [6.45, 7) is 3.35. The third-order valence-electron chi connectivity index (χ3n) is 1.06. The fourth-order valence-electron chi connectivity index (χ4n) is 0.704. The lowest BCUT2D eigenvalue weighted by atomic mass is 10.1. The summed E-state index contributed by atoms with van der Waals surface area (Å²) in [7, 11) is 0. The fraction of sp³-hybridized carbons (Fsp3) is 0.571. The van der Waals surface area contributed by atoms with Gasteiger partial charge in [-0.3, -0.25) is 0 Å². The van der Waals surface area contributed by atoms with Gasteiger partial charge in [0, 0.05) is 18.0 Å². The molecule has 3 heteroatoms. The predicted molar refractivity (Wildman–Crippen MR) is 40.6 cm³/mol.